The molecule has 0 amide bonds. The maximum absolute atomic E-state index is 4.93. The summed E-state index contributed by atoms with van der Waals surface area (Å²) in [6.07, 6.45) is 13.6. The zero-order valence-electron chi connectivity index (χ0n) is 14.8. The number of aryl methyl sites for hydroxylation is 1. The van der Waals surface area contributed by atoms with Crippen molar-refractivity contribution >= 4 is 29.9 Å². The molecule has 0 bridgehead atoms. The largest absolute Gasteiger partial charge is 0.357 e. The van der Waals surface area contributed by atoms with Crippen molar-refractivity contribution in [2.75, 3.05) is 26.2 Å². The molecule has 1 aliphatic heterocycles. The molecule has 1 fully saturated rings. The number of aromatic nitrogens is 2. The molecule has 0 saturated carbocycles. The van der Waals surface area contributed by atoms with Crippen molar-refractivity contribution in [3.63, 3.8) is 0 Å². The molecule has 1 aromatic heterocycles. The number of halogens is 1. The van der Waals surface area contributed by atoms with Gasteiger partial charge in [0.05, 0.1) is 6.20 Å². The predicted molar refractivity (Wildman–Crippen MR) is 110 cm³/mol. The maximum Gasteiger partial charge on any atom is 0.193 e. The summed E-state index contributed by atoms with van der Waals surface area (Å²) in [4.78, 5) is 7.35. The van der Waals surface area contributed by atoms with Crippen molar-refractivity contribution in [3.8, 4) is 0 Å². The minimum absolute atomic E-state index is 0. The van der Waals surface area contributed by atoms with Crippen molar-refractivity contribution in [1.29, 1.82) is 0 Å². The van der Waals surface area contributed by atoms with E-state index in [0.29, 0.717) is 11.8 Å². The Morgan fingerprint density at radius 1 is 1.38 bits per heavy atom. The third-order valence-corrected chi connectivity index (χ3v) is 4.90. The first-order valence-electron chi connectivity index (χ1n) is 8.93. The van der Waals surface area contributed by atoms with Gasteiger partial charge in [0.2, 0.25) is 0 Å². The van der Waals surface area contributed by atoms with E-state index in [0.717, 1.165) is 32.1 Å². The summed E-state index contributed by atoms with van der Waals surface area (Å²) in [5.74, 6) is 2.38. The normalized spacial score (nSPS) is 24.1. The number of rotatable bonds is 4. The molecular formula is C18H30IN5. The second kappa shape index (κ2) is 9.44. The molecule has 24 heavy (non-hydrogen) atoms. The van der Waals surface area contributed by atoms with Gasteiger partial charge in [-0.1, -0.05) is 12.2 Å². The van der Waals surface area contributed by atoms with E-state index in [1.807, 2.05) is 17.9 Å². The fourth-order valence-electron chi connectivity index (χ4n) is 3.54. The lowest BCUT2D eigenvalue weighted by molar-refractivity contribution is 0.463. The standard InChI is InChI=1S/C18H29N5.HI/c1-3-19-18(20-11-15-7-5-4-6-8-15)23-10-9-16(14-23)17-12-21-22(2)13-17;/h4-5,12-13,15-16H,3,6-11,14H2,1-2H3,(H,19,20);1H. The summed E-state index contributed by atoms with van der Waals surface area (Å²) in [6, 6.07) is 0. The number of nitrogens with one attached hydrogen (secondary N) is 1. The lowest BCUT2D eigenvalue weighted by Crippen LogP contribution is -2.40. The molecule has 1 aromatic rings. The first-order valence-corrected chi connectivity index (χ1v) is 8.93. The van der Waals surface area contributed by atoms with Crippen LogP contribution in [0.25, 0.3) is 0 Å². The fourth-order valence-corrected chi connectivity index (χ4v) is 3.54. The average molecular weight is 443 g/mol. The van der Waals surface area contributed by atoms with Crippen LogP contribution in [0.3, 0.4) is 0 Å². The van der Waals surface area contributed by atoms with E-state index >= 15 is 0 Å². The second-order valence-corrected chi connectivity index (χ2v) is 6.72. The Balaban J connectivity index is 0.00000208. The molecule has 0 spiro atoms. The van der Waals surface area contributed by atoms with Crippen LogP contribution < -0.4 is 5.32 Å². The van der Waals surface area contributed by atoms with Gasteiger partial charge in [0.15, 0.2) is 5.96 Å². The predicted octanol–water partition coefficient (Wildman–Crippen LogP) is 3.15. The second-order valence-electron chi connectivity index (χ2n) is 6.72. The molecule has 2 aliphatic rings. The first-order chi connectivity index (χ1) is 11.3. The number of aliphatic imine (C=N–C) groups is 1. The molecule has 2 heterocycles. The summed E-state index contributed by atoms with van der Waals surface area (Å²) in [5.41, 5.74) is 1.35. The van der Waals surface area contributed by atoms with Crippen molar-refractivity contribution < 1.29 is 0 Å². The molecule has 0 radical (unpaired) electrons. The van der Waals surface area contributed by atoms with E-state index in [2.05, 4.69) is 40.6 Å². The Morgan fingerprint density at radius 3 is 2.92 bits per heavy atom. The van der Waals surface area contributed by atoms with Gasteiger partial charge >= 0.3 is 0 Å². The maximum atomic E-state index is 4.93. The Hall–Kier alpha value is -1.05. The van der Waals surface area contributed by atoms with E-state index in [1.165, 1.54) is 31.2 Å². The zero-order valence-corrected chi connectivity index (χ0v) is 17.1. The fraction of sp³-hybridized carbons (Fsp3) is 0.667. The summed E-state index contributed by atoms with van der Waals surface area (Å²) in [7, 11) is 1.99. The van der Waals surface area contributed by atoms with Crippen molar-refractivity contribution in [3.05, 3.63) is 30.1 Å². The Morgan fingerprint density at radius 2 is 2.25 bits per heavy atom. The van der Waals surface area contributed by atoms with Gasteiger partial charge in [0.1, 0.15) is 0 Å². The van der Waals surface area contributed by atoms with Gasteiger partial charge in [-0.05, 0) is 44.1 Å². The van der Waals surface area contributed by atoms with Gasteiger partial charge in [0.25, 0.3) is 0 Å². The molecule has 134 valence electrons. The summed E-state index contributed by atoms with van der Waals surface area (Å²) < 4.78 is 1.90. The van der Waals surface area contributed by atoms with E-state index in [9.17, 15) is 0 Å². The number of hydrogen-bond donors (Lipinski definition) is 1. The number of nitrogens with zero attached hydrogens (tertiary/aromatic N) is 4. The smallest absolute Gasteiger partial charge is 0.193 e. The minimum Gasteiger partial charge on any atom is -0.357 e. The molecule has 6 heteroatoms. The van der Waals surface area contributed by atoms with Crippen LogP contribution in [0, 0.1) is 5.92 Å². The van der Waals surface area contributed by atoms with Crippen LogP contribution in [0.5, 0.6) is 0 Å². The van der Waals surface area contributed by atoms with Gasteiger partial charge in [-0.15, -0.1) is 24.0 Å². The Bertz CT molecular complexity index is 566. The van der Waals surface area contributed by atoms with E-state index in [-0.39, 0.29) is 24.0 Å². The van der Waals surface area contributed by atoms with Gasteiger partial charge in [-0.25, -0.2) is 0 Å². The third kappa shape index (κ3) is 4.97. The van der Waals surface area contributed by atoms with Crippen LogP contribution in [-0.2, 0) is 7.05 Å². The van der Waals surface area contributed by atoms with Crippen LogP contribution in [0.15, 0.2) is 29.5 Å². The molecule has 3 rings (SSSR count). The van der Waals surface area contributed by atoms with Gasteiger partial charge in [0, 0.05) is 45.3 Å². The highest BCUT2D eigenvalue weighted by Crippen LogP contribution is 2.27. The summed E-state index contributed by atoms with van der Waals surface area (Å²) in [6.45, 7) is 6.14. The highest BCUT2D eigenvalue weighted by molar-refractivity contribution is 14.0. The van der Waals surface area contributed by atoms with Gasteiger partial charge in [-0.3, -0.25) is 9.67 Å². The Labute approximate surface area is 162 Å². The van der Waals surface area contributed by atoms with Crippen LogP contribution >= 0.6 is 24.0 Å². The van der Waals surface area contributed by atoms with Crippen molar-refractivity contribution in [2.45, 2.75) is 38.5 Å². The van der Waals surface area contributed by atoms with E-state index in [4.69, 9.17) is 4.99 Å². The van der Waals surface area contributed by atoms with E-state index < -0.39 is 0 Å². The van der Waals surface area contributed by atoms with Crippen LogP contribution in [0.4, 0.5) is 0 Å². The van der Waals surface area contributed by atoms with Crippen LogP contribution in [0.1, 0.15) is 44.1 Å². The molecule has 1 N–H and O–H groups in total. The molecule has 2 unspecified atom stereocenters. The molecule has 5 nitrogen and oxygen atoms in total. The highest BCUT2D eigenvalue weighted by atomic mass is 127. The monoisotopic (exact) mass is 443 g/mol. The van der Waals surface area contributed by atoms with Crippen LogP contribution in [-0.4, -0.2) is 46.8 Å². The molecular weight excluding hydrogens is 413 g/mol. The lowest BCUT2D eigenvalue weighted by Gasteiger charge is -2.23. The van der Waals surface area contributed by atoms with Crippen molar-refractivity contribution in [1.82, 2.24) is 20.0 Å². The topological polar surface area (TPSA) is 45.5 Å². The third-order valence-electron chi connectivity index (χ3n) is 4.90. The van der Waals surface area contributed by atoms with Crippen molar-refractivity contribution in [2.24, 2.45) is 18.0 Å². The van der Waals surface area contributed by atoms with Crippen LogP contribution in [0.2, 0.25) is 0 Å². The lowest BCUT2D eigenvalue weighted by atomic mass is 9.95. The SMILES string of the molecule is CCNC(=NCC1CC=CCC1)N1CCC(c2cnn(C)c2)C1.I. The summed E-state index contributed by atoms with van der Waals surface area (Å²) >= 11 is 0. The number of guanidine groups is 1. The number of hydrogen-bond acceptors (Lipinski definition) is 2. The Kier molecular flexibility index (Phi) is 7.58. The highest BCUT2D eigenvalue weighted by Gasteiger charge is 2.27. The first kappa shape index (κ1) is 19.3. The van der Waals surface area contributed by atoms with Gasteiger partial charge in [-0.2, -0.15) is 5.10 Å². The number of likely N-dealkylation sites (tertiary alicyclic amines) is 1. The minimum atomic E-state index is 0. The molecule has 2 atom stereocenters. The van der Waals surface area contributed by atoms with Gasteiger partial charge < -0.3 is 10.2 Å². The molecule has 1 saturated heterocycles. The molecule has 1 aliphatic carbocycles. The average Bonchev–Trinajstić information content (AvgIpc) is 3.21. The summed E-state index contributed by atoms with van der Waals surface area (Å²) in [5, 5.41) is 7.79. The van der Waals surface area contributed by atoms with E-state index in [1.54, 1.807) is 0 Å². The zero-order chi connectivity index (χ0) is 16.1. The molecule has 0 aromatic carbocycles. The quantitative estimate of drug-likeness (QED) is 0.337. The number of allylic oxidation sites excluding steroid dienone is 2.